The summed E-state index contributed by atoms with van der Waals surface area (Å²) in [5.41, 5.74) is 0.256. The van der Waals surface area contributed by atoms with E-state index >= 15 is 0 Å². The van der Waals surface area contributed by atoms with Gasteiger partial charge in [-0.1, -0.05) is 12.1 Å². The monoisotopic (exact) mass is 394 g/mol. The van der Waals surface area contributed by atoms with Gasteiger partial charge in [0.25, 0.3) is 11.8 Å². The first kappa shape index (κ1) is 19.4. The van der Waals surface area contributed by atoms with Crippen LogP contribution in [0.4, 0.5) is 8.78 Å². The molecule has 2 N–H and O–H groups in total. The fraction of sp³-hybridized carbons (Fsp3) is 0.368. The lowest BCUT2D eigenvalue weighted by Gasteiger charge is -2.31. The Bertz CT molecular complexity index is 805. The molecular weight excluding hydrogens is 372 g/mol. The van der Waals surface area contributed by atoms with E-state index in [4.69, 9.17) is 0 Å². The van der Waals surface area contributed by atoms with E-state index in [1.165, 1.54) is 23.5 Å². The van der Waals surface area contributed by atoms with Crippen molar-refractivity contribution in [2.24, 2.45) is 0 Å². The smallest absolute Gasteiger partial charge is 0.275 e. The van der Waals surface area contributed by atoms with Crippen LogP contribution in [0.15, 0.2) is 35.7 Å². The first-order valence-corrected chi connectivity index (χ1v) is 9.72. The molecule has 0 bridgehead atoms. The Morgan fingerprint density at radius 1 is 1.26 bits per heavy atom. The molecule has 1 aliphatic heterocycles. The highest BCUT2D eigenvalue weighted by molar-refractivity contribution is 7.12. The minimum Gasteiger partial charge on any atom is -0.345 e. The van der Waals surface area contributed by atoms with Crippen molar-refractivity contribution in [1.82, 2.24) is 10.2 Å². The van der Waals surface area contributed by atoms with Crippen molar-refractivity contribution in [1.29, 1.82) is 0 Å². The van der Waals surface area contributed by atoms with Gasteiger partial charge in [0.1, 0.15) is 11.6 Å². The molecule has 1 aliphatic rings. The maximum absolute atomic E-state index is 13.8. The van der Waals surface area contributed by atoms with Crippen LogP contribution >= 0.6 is 11.3 Å². The van der Waals surface area contributed by atoms with Gasteiger partial charge in [0.2, 0.25) is 0 Å². The zero-order valence-electron chi connectivity index (χ0n) is 15.0. The van der Waals surface area contributed by atoms with Crippen molar-refractivity contribution in [3.05, 3.63) is 57.8 Å². The van der Waals surface area contributed by atoms with Gasteiger partial charge in [-0.2, -0.15) is 0 Å². The zero-order chi connectivity index (χ0) is 19.4. The number of thiophene rings is 1. The standard InChI is InChI=1S/C19H21F2N3O2S/c1-13(15-5-4-14(20)11-16(15)21)22-18(25)12-23-6-8-24(9-7-23)19(26)17-3-2-10-27-17/h2-5,10-11,13H,6-9,12H2,1H3,(H,22,25)/p+1/t13-/m1/s1. The molecule has 2 heterocycles. The van der Waals surface area contributed by atoms with E-state index in [-0.39, 0.29) is 23.9 Å². The van der Waals surface area contributed by atoms with Gasteiger partial charge in [0.15, 0.2) is 6.54 Å². The first-order valence-electron chi connectivity index (χ1n) is 8.84. The number of hydrogen-bond donors (Lipinski definition) is 2. The van der Waals surface area contributed by atoms with Gasteiger partial charge < -0.3 is 15.1 Å². The number of quaternary nitrogens is 1. The molecule has 0 spiro atoms. The second-order valence-electron chi connectivity index (χ2n) is 6.65. The molecule has 5 nitrogen and oxygen atoms in total. The Labute approximate surface area is 160 Å². The number of nitrogens with zero attached hydrogens (tertiary/aromatic N) is 1. The lowest BCUT2D eigenvalue weighted by Crippen LogP contribution is -3.15. The molecule has 0 radical (unpaired) electrons. The largest absolute Gasteiger partial charge is 0.345 e. The molecule has 27 heavy (non-hydrogen) atoms. The number of amides is 2. The van der Waals surface area contributed by atoms with Gasteiger partial charge in [-0.3, -0.25) is 9.59 Å². The average molecular weight is 394 g/mol. The Morgan fingerprint density at radius 2 is 2.00 bits per heavy atom. The van der Waals surface area contributed by atoms with Crippen LogP contribution in [0.3, 0.4) is 0 Å². The molecule has 0 aliphatic carbocycles. The Morgan fingerprint density at radius 3 is 2.63 bits per heavy atom. The Hall–Kier alpha value is -2.32. The molecule has 8 heteroatoms. The van der Waals surface area contributed by atoms with E-state index in [0.717, 1.165) is 15.8 Å². The van der Waals surface area contributed by atoms with Gasteiger partial charge >= 0.3 is 0 Å². The molecule has 1 fully saturated rings. The second kappa shape index (κ2) is 8.58. The first-order chi connectivity index (χ1) is 12.9. The van der Waals surface area contributed by atoms with Crippen LogP contribution in [-0.4, -0.2) is 49.4 Å². The molecular formula is C19H22F2N3O2S+. The van der Waals surface area contributed by atoms with Crippen molar-refractivity contribution in [3.63, 3.8) is 0 Å². The second-order valence-corrected chi connectivity index (χ2v) is 7.60. The fourth-order valence-corrected chi connectivity index (χ4v) is 3.90. The highest BCUT2D eigenvalue weighted by Crippen LogP contribution is 2.17. The summed E-state index contributed by atoms with van der Waals surface area (Å²) in [6, 6.07) is 6.46. The maximum Gasteiger partial charge on any atom is 0.275 e. The minimum absolute atomic E-state index is 0.0360. The number of benzene rings is 1. The van der Waals surface area contributed by atoms with E-state index < -0.39 is 17.7 Å². The molecule has 144 valence electrons. The zero-order valence-corrected chi connectivity index (χ0v) is 15.8. The quantitative estimate of drug-likeness (QED) is 0.802. The molecule has 1 saturated heterocycles. The predicted molar refractivity (Wildman–Crippen MR) is 98.7 cm³/mol. The van der Waals surface area contributed by atoms with Crippen LogP contribution in [0.2, 0.25) is 0 Å². The van der Waals surface area contributed by atoms with E-state index in [1.54, 1.807) is 6.92 Å². The van der Waals surface area contributed by atoms with Crippen LogP contribution in [0, 0.1) is 11.6 Å². The van der Waals surface area contributed by atoms with Crippen molar-refractivity contribution < 1.29 is 23.3 Å². The highest BCUT2D eigenvalue weighted by Gasteiger charge is 2.26. The number of rotatable bonds is 5. The number of carbonyl (C=O) groups excluding carboxylic acids is 2. The van der Waals surface area contributed by atoms with E-state index in [1.807, 2.05) is 22.4 Å². The van der Waals surface area contributed by atoms with Crippen molar-refractivity contribution in [2.45, 2.75) is 13.0 Å². The third kappa shape index (κ3) is 4.90. The van der Waals surface area contributed by atoms with Crippen molar-refractivity contribution in [3.8, 4) is 0 Å². The molecule has 3 rings (SSSR count). The van der Waals surface area contributed by atoms with Crippen LogP contribution in [-0.2, 0) is 4.79 Å². The van der Waals surface area contributed by atoms with E-state index in [0.29, 0.717) is 26.2 Å². The number of halogens is 2. The lowest BCUT2D eigenvalue weighted by molar-refractivity contribution is -0.896. The third-order valence-corrected chi connectivity index (χ3v) is 5.56. The van der Waals surface area contributed by atoms with E-state index in [9.17, 15) is 18.4 Å². The normalized spacial score (nSPS) is 16.2. The van der Waals surface area contributed by atoms with Crippen molar-refractivity contribution >= 4 is 23.2 Å². The summed E-state index contributed by atoms with van der Waals surface area (Å²) in [7, 11) is 0. The molecule has 0 unspecified atom stereocenters. The fourth-order valence-electron chi connectivity index (χ4n) is 3.21. The summed E-state index contributed by atoms with van der Waals surface area (Å²) in [6.07, 6.45) is 0. The van der Waals surface area contributed by atoms with Gasteiger partial charge in [-0.15, -0.1) is 11.3 Å². The van der Waals surface area contributed by atoms with Crippen LogP contribution in [0.5, 0.6) is 0 Å². The molecule has 1 aromatic heterocycles. The van der Waals surface area contributed by atoms with Crippen molar-refractivity contribution in [2.75, 3.05) is 32.7 Å². The molecule has 2 aromatic rings. The summed E-state index contributed by atoms with van der Waals surface area (Å²) in [4.78, 5) is 28.2. The number of piperazine rings is 1. The lowest BCUT2D eigenvalue weighted by atomic mass is 10.1. The minimum atomic E-state index is -0.671. The number of nitrogens with one attached hydrogen (secondary N) is 2. The average Bonchev–Trinajstić information content (AvgIpc) is 3.16. The van der Waals surface area contributed by atoms with Crippen LogP contribution in [0.25, 0.3) is 0 Å². The van der Waals surface area contributed by atoms with Crippen LogP contribution < -0.4 is 10.2 Å². The Balaban J connectivity index is 1.47. The van der Waals surface area contributed by atoms with Gasteiger partial charge in [-0.25, -0.2) is 8.78 Å². The topological polar surface area (TPSA) is 53.9 Å². The third-order valence-electron chi connectivity index (χ3n) is 4.71. The highest BCUT2D eigenvalue weighted by atomic mass is 32.1. The van der Waals surface area contributed by atoms with Gasteiger partial charge in [0, 0.05) is 11.6 Å². The summed E-state index contributed by atoms with van der Waals surface area (Å²) in [5.74, 6) is -1.47. The molecule has 2 amide bonds. The Kier molecular flexibility index (Phi) is 6.18. The van der Waals surface area contributed by atoms with Gasteiger partial charge in [0.05, 0.1) is 37.1 Å². The predicted octanol–water partition coefficient (Wildman–Crippen LogP) is 1.24. The molecule has 0 saturated carbocycles. The molecule has 1 aromatic carbocycles. The maximum atomic E-state index is 13.8. The van der Waals surface area contributed by atoms with E-state index in [2.05, 4.69) is 5.32 Å². The number of hydrogen-bond acceptors (Lipinski definition) is 3. The summed E-state index contributed by atoms with van der Waals surface area (Å²) >= 11 is 1.43. The SMILES string of the molecule is C[C@@H](NC(=O)C[NH+]1CCN(C(=O)c2cccs2)CC1)c1ccc(F)cc1F. The van der Waals surface area contributed by atoms with Crippen LogP contribution in [0.1, 0.15) is 28.2 Å². The number of carbonyl (C=O) groups is 2. The summed E-state index contributed by atoms with van der Waals surface area (Å²) in [6.45, 7) is 4.49. The molecule has 1 atom stereocenters. The summed E-state index contributed by atoms with van der Waals surface area (Å²) < 4.78 is 26.8. The summed E-state index contributed by atoms with van der Waals surface area (Å²) in [5, 5.41) is 4.64. The van der Waals surface area contributed by atoms with Gasteiger partial charge in [-0.05, 0) is 24.4 Å².